The van der Waals surface area contributed by atoms with E-state index in [9.17, 15) is 18.3 Å². The number of methoxy groups -OCH3 is 1. The lowest BCUT2D eigenvalue weighted by Crippen LogP contribution is -2.39. The minimum absolute atomic E-state index is 0.0419. The van der Waals surface area contributed by atoms with Gasteiger partial charge in [-0.05, 0) is 55.0 Å². The smallest absolute Gasteiger partial charge is 0.288 e. The van der Waals surface area contributed by atoms with Crippen molar-refractivity contribution in [3.8, 4) is 5.75 Å². The molecule has 9 nitrogen and oxygen atoms in total. The highest BCUT2D eigenvalue weighted by molar-refractivity contribution is 7.89. The van der Waals surface area contributed by atoms with Crippen LogP contribution >= 0.6 is 0 Å². The fourth-order valence-corrected chi connectivity index (χ4v) is 5.54. The second-order valence-corrected chi connectivity index (χ2v) is 10.8. The van der Waals surface area contributed by atoms with Crippen molar-refractivity contribution in [3.63, 3.8) is 0 Å². The van der Waals surface area contributed by atoms with Gasteiger partial charge in [0.05, 0.1) is 25.2 Å². The van der Waals surface area contributed by atoms with E-state index >= 15 is 0 Å². The zero-order chi connectivity index (χ0) is 24.7. The Bertz CT molecular complexity index is 941. The number of aliphatic hydroxyl groups excluding tert-OH is 1. The van der Waals surface area contributed by atoms with Crippen LogP contribution in [0, 0.1) is 11.8 Å². The van der Waals surface area contributed by atoms with Crippen LogP contribution in [-0.4, -0.2) is 81.4 Å². The van der Waals surface area contributed by atoms with E-state index in [1.807, 2.05) is 6.08 Å². The van der Waals surface area contributed by atoms with Crippen molar-refractivity contribution in [1.29, 1.82) is 0 Å². The lowest BCUT2D eigenvalue weighted by atomic mass is 9.90. The van der Waals surface area contributed by atoms with Gasteiger partial charge < -0.3 is 24.2 Å². The highest BCUT2D eigenvalue weighted by Crippen LogP contribution is 2.30. The lowest BCUT2D eigenvalue weighted by molar-refractivity contribution is -0.155. The highest BCUT2D eigenvalue weighted by atomic mass is 32.2. The van der Waals surface area contributed by atoms with Crippen molar-refractivity contribution in [2.45, 2.75) is 44.3 Å². The molecule has 1 amide bonds. The van der Waals surface area contributed by atoms with Crippen LogP contribution in [0.15, 0.2) is 41.0 Å². The molecule has 0 bridgehead atoms. The fraction of sp³-hybridized carbons (Fsp3) is 0.625. The summed E-state index contributed by atoms with van der Waals surface area (Å²) in [5.41, 5.74) is 0. The van der Waals surface area contributed by atoms with E-state index in [2.05, 4.69) is 13.8 Å². The Hall–Kier alpha value is -2.14. The second-order valence-electron chi connectivity index (χ2n) is 8.90. The molecule has 1 saturated heterocycles. The van der Waals surface area contributed by atoms with Crippen molar-refractivity contribution in [2.75, 3.05) is 46.5 Å². The largest absolute Gasteiger partial charge is 0.497 e. The summed E-state index contributed by atoms with van der Waals surface area (Å²) >= 11 is 0. The molecule has 0 radical (unpaired) electrons. The minimum atomic E-state index is -3.83. The first kappa shape index (κ1) is 26.5. The number of sulfonamides is 1. The number of amides is 1. The normalized spacial score (nSPS) is 21.0. The van der Waals surface area contributed by atoms with E-state index < -0.39 is 16.3 Å². The Kier molecular flexibility index (Phi) is 9.35. The van der Waals surface area contributed by atoms with Gasteiger partial charge in [-0.2, -0.15) is 4.31 Å². The molecule has 1 fully saturated rings. The number of benzene rings is 1. The maximum atomic E-state index is 13.1. The standard InChI is InChI=1S/C24H36N2O7S/c1-18(2)19-16-22(24(28)25-10-4-5-11-25)33-23(17-19)32-15-13-26(12-14-27)34(29,30)21-8-6-20(31-3)7-9-21/h6-9,16,18-19,23,27H,4-5,10-15,17H2,1-3H3/t19-,23+/m0/s1. The van der Waals surface area contributed by atoms with Gasteiger partial charge in [-0.3, -0.25) is 4.79 Å². The maximum Gasteiger partial charge on any atom is 0.288 e. The van der Waals surface area contributed by atoms with Crippen LogP contribution in [0.2, 0.25) is 0 Å². The van der Waals surface area contributed by atoms with Gasteiger partial charge in [0.1, 0.15) is 5.75 Å². The molecule has 1 aromatic carbocycles. The molecule has 2 aliphatic heterocycles. The third kappa shape index (κ3) is 6.50. The van der Waals surface area contributed by atoms with Crippen molar-refractivity contribution in [2.24, 2.45) is 11.8 Å². The summed E-state index contributed by atoms with van der Waals surface area (Å²) in [6.07, 6.45) is 3.83. The van der Waals surface area contributed by atoms with Gasteiger partial charge in [0.2, 0.25) is 16.3 Å². The van der Waals surface area contributed by atoms with E-state index in [4.69, 9.17) is 14.2 Å². The number of aliphatic hydroxyl groups is 1. The number of hydrogen-bond acceptors (Lipinski definition) is 7. The van der Waals surface area contributed by atoms with E-state index in [1.165, 1.54) is 23.5 Å². The van der Waals surface area contributed by atoms with E-state index in [-0.39, 0.29) is 43.0 Å². The van der Waals surface area contributed by atoms with E-state index in [1.54, 1.807) is 17.0 Å². The number of ether oxygens (including phenoxy) is 3. The van der Waals surface area contributed by atoms with Crippen molar-refractivity contribution in [1.82, 2.24) is 9.21 Å². The Morgan fingerprint density at radius 1 is 1.21 bits per heavy atom. The number of hydrogen-bond donors (Lipinski definition) is 1. The quantitative estimate of drug-likeness (QED) is 0.501. The third-order valence-corrected chi connectivity index (χ3v) is 8.15. The number of likely N-dealkylation sites (tertiary alicyclic amines) is 1. The number of rotatable bonds is 11. The second kappa shape index (κ2) is 12.0. The molecule has 2 aliphatic rings. The van der Waals surface area contributed by atoms with Crippen molar-refractivity contribution >= 4 is 15.9 Å². The summed E-state index contributed by atoms with van der Waals surface area (Å²) in [4.78, 5) is 14.8. The Morgan fingerprint density at radius 2 is 1.88 bits per heavy atom. The molecule has 0 aliphatic carbocycles. The predicted molar refractivity (Wildman–Crippen MR) is 127 cm³/mol. The number of carbonyl (C=O) groups is 1. The van der Waals surface area contributed by atoms with Crippen LogP contribution < -0.4 is 4.74 Å². The molecule has 0 spiro atoms. The molecule has 0 saturated carbocycles. The zero-order valence-corrected chi connectivity index (χ0v) is 21.0. The molecule has 2 atom stereocenters. The molecule has 3 rings (SSSR count). The van der Waals surface area contributed by atoms with Gasteiger partial charge in [-0.15, -0.1) is 0 Å². The molecule has 1 aromatic rings. The summed E-state index contributed by atoms with van der Waals surface area (Å²) < 4.78 is 44.2. The number of allylic oxidation sites excluding steroid dienone is 1. The fourth-order valence-electron chi connectivity index (χ4n) is 4.12. The molecule has 2 heterocycles. The van der Waals surface area contributed by atoms with E-state index in [0.717, 1.165) is 25.9 Å². The zero-order valence-electron chi connectivity index (χ0n) is 20.2. The maximum absolute atomic E-state index is 13.1. The lowest BCUT2D eigenvalue weighted by Gasteiger charge is -2.32. The van der Waals surface area contributed by atoms with Crippen LogP contribution in [0.4, 0.5) is 0 Å². The Balaban J connectivity index is 1.63. The summed E-state index contributed by atoms with van der Waals surface area (Å²) in [5.74, 6) is 1.18. The summed E-state index contributed by atoms with van der Waals surface area (Å²) in [5, 5.41) is 9.43. The summed E-state index contributed by atoms with van der Waals surface area (Å²) in [7, 11) is -2.32. The van der Waals surface area contributed by atoms with Crippen LogP contribution in [-0.2, 0) is 24.3 Å². The van der Waals surface area contributed by atoms with Gasteiger partial charge >= 0.3 is 0 Å². The minimum Gasteiger partial charge on any atom is -0.497 e. The first-order valence-electron chi connectivity index (χ1n) is 11.8. The molecule has 0 unspecified atom stereocenters. The van der Waals surface area contributed by atoms with Gasteiger partial charge in [0.15, 0.2) is 5.76 Å². The van der Waals surface area contributed by atoms with Gasteiger partial charge in [0.25, 0.3) is 5.91 Å². The average Bonchev–Trinajstić information content (AvgIpc) is 3.38. The monoisotopic (exact) mass is 496 g/mol. The SMILES string of the molecule is COc1ccc(S(=O)(=O)N(CCO)CCO[C@H]2C[C@@H](C(C)C)C=C(C(=O)N3CCCC3)O2)cc1. The van der Waals surface area contributed by atoms with Crippen LogP contribution in [0.25, 0.3) is 0 Å². The Labute approximate surface area is 202 Å². The summed E-state index contributed by atoms with van der Waals surface area (Å²) in [6, 6.07) is 6.09. The predicted octanol–water partition coefficient (Wildman–Crippen LogP) is 2.22. The van der Waals surface area contributed by atoms with E-state index in [0.29, 0.717) is 23.8 Å². The number of carbonyl (C=O) groups excluding carboxylic acids is 1. The summed E-state index contributed by atoms with van der Waals surface area (Å²) in [6.45, 7) is 5.38. The molecule has 1 N–H and O–H groups in total. The van der Waals surface area contributed by atoms with Gasteiger partial charge in [-0.1, -0.05) is 13.8 Å². The molecule has 190 valence electrons. The van der Waals surface area contributed by atoms with Crippen LogP contribution in [0.1, 0.15) is 33.1 Å². The van der Waals surface area contributed by atoms with Crippen molar-refractivity contribution < 1.29 is 32.5 Å². The molecule has 0 aromatic heterocycles. The average molecular weight is 497 g/mol. The van der Waals surface area contributed by atoms with Crippen LogP contribution in [0.5, 0.6) is 5.75 Å². The topological polar surface area (TPSA) is 106 Å². The highest BCUT2D eigenvalue weighted by Gasteiger charge is 2.32. The van der Waals surface area contributed by atoms with Crippen molar-refractivity contribution in [3.05, 3.63) is 36.1 Å². The van der Waals surface area contributed by atoms with Crippen LogP contribution in [0.3, 0.4) is 0 Å². The molecule has 34 heavy (non-hydrogen) atoms. The first-order chi connectivity index (χ1) is 16.3. The third-order valence-electron chi connectivity index (χ3n) is 6.24. The van der Waals surface area contributed by atoms with Gasteiger partial charge in [0, 0.05) is 32.6 Å². The number of nitrogens with zero attached hydrogens (tertiary/aromatic N) is 2. The Morgan fingerprint density at radius 3 is 2.47 bits per heavy atom. The van der Waals surface area contributed by atoms with Gasteiger partial charge in [-0.25, -0.2) is 8.42 Å². The molecular formula is C24H36N2O7S. The first-order valence-corrected chi connectivity index (χ1v) is 13.2. The molecular weight excluding hydrogens is 460 g/mol. The molecule has 10 heteroatoms.